The summed E-state index contributed by atoms with van der Waals surface area (Å²) in [6.07, 6.45) is 0. The van der Waals surface area contributed by atoms with E-state index in [0.717, 1.165) is 78.1 Å². The highest BCUT2D eigenvalue weighted by molar-refractivity contribution is 6.25. The second kappa shape index (κ2) is 17.2. The number of imidazole rings is 2. The fourth-order valence-corrected chi connectivity index (χ4v) is 11.9. The molecule has 0 spiro atoms. The van der Waals surface area contributed by atoms with Crippen molar-refractivity contribution in [3.63, 3.8) is 0 Å². The van der Waals surface area contributed by atoms with Gasteiger partial charge in [0.25, 0.3) is 0 Å². The van der Waals surface area contributed by atoms with Crippen molar-refractivity contribution in [3.05, 3.63) is 242 Å². The maximum Gasteiger partial charge on any atom is 0.145 e. The molecule has 364 valence electrons. The van der Waals surface area contributed by atoms with Gasteiger partial charge in [0, 0.05) is 44.0 Å². The molecule has 4 heteroatoms. The number of hydrogen-bond donors (Lipinski definition) is 0. The van der Waals surface area contributed by atoms with Crippen LogP contribution in [-0.2, 0) is 10.8 Å². The van der Waals surface area contributed by atoms with Gasteiger partial charge in [0.2, 0.25) is 0 Å². The average molecular weight is 977 g/mol. The lowest BCUT2D eigenvalue weighted by Crippen LogP contribution is -2.11. The standard InChI is InChI=1S/C72H56N4/c1-71(2,3)49-35-39-51(40-36-49)75-67-63-25-15-11-21-59(63)57-19-9-13-23-61(57)65(67)73-69(75)47-31-27-45(28-32-47)53-43-44-54(56-18-8-7-17-55(53)56)46-29-33-48(34-30-46)70-74-66-62-24-14-10-20-58(62)60-22-12-16-26-64(60)68(66)76(70)52-41-37-50(38-42-52)72(4,5)6/h7-44H,1-6H3. The van der Waals surface area contributed by atoms with E-state index in [4.69, 9.17) is 9.97 Å². The summed E-state index contributed by atoms with van der Waals surface area (Å²) < 4.78 is 4.76. The molecule has 0 saturated heterocycles. The zero-order valence-corrected chi connectivity index (χ0v) is 43.7. The first-order valence-corrected chi connectivity index (χ1v) is 26.6. The van der Waals surface area contributed by atoms with Crippen LogP contribution in [0.3, 0.4) is 0 Å². The van der Waals surface area contributed by atoms with Gasteiger partial charge in [0.15, 0.2) is 0 Å². The first-order valence-electron chi connectivity index (χ1n) is 26.6. The predicted molar refractivity (Wildman–Crippen MR) is 322 cm³/mol. The summed E-state index contributed by atoms with van der Waals surface area (Å²) in [4.78, 5) is 11.1. The smallest absolute Gasteiger partial charge is 0.145 e. The molecule has 2 heterocycles. The average Bonchev–Trinajstić information content (AvgIpc) is 4.19. The molecule has 14 aromatic rings. The van der Waals surface area contributed by atoms with Crippen molar-refractivity contribution in [3.8, 4) is 56.4 Å². The van der Waals surface area contributed by atoms with Crippen LogP contribution in [0.4, 0.5) is 0 Å². The molecule has 0 atom stereocenters. The van der Waals surface area contributed by atoms with Gasteiger partial charge in [-0.1, -0.05) is 248 Å². The van der Waals surface area contributed by atoms with E-state index in [-0.39, 0.29) is 10.8 Å². The Kier molecular flexibility index (Phi) is 10.3. The normalized spacial score (nSPS) is 12.3. The SMILES string of the molecule is CC(C)(C)c1ccc(-n2c(-c3ccc(-c4ccc(-c5ccc(-c6nc7c8ccccc8c8ccccc8c7n6-c6ccc(C(C)(C)C)cc6)cc5)c5ccccc45)cc3)nc3c4ccccc4c4ccccc4c32)cc1. The lowest BCUT2D eigenvalue weighted by Gasteiger charge is -2.20. The molecule has 12 aromatic carbocycles. The fraction of sp³-hybridized carbons (Fsp3) is 0.111. The quantitative estimate of drug-likeness (QED) is 0.156. The molecule has 0 fully saturated rings. The van der Waals surface area contributed by atoms with E-state index in [1.165, 1.54) is 65.3 Å². The minimum absolute atomic E-state index is 0.0398. The van der Waals surface area contributed by atoms with E-state index in [9.17, 15) is 0 Å². The highest BCUT2D eigenvalue weighted by atomic mass is 15.1. The van der Waals surface area contributed by atoms with Gasteiger partial charge in [0.1, 0.15) is 11.6 Å². The summed E-state index contributed by atoms with van der Waals surface area (Å²) in [5.74, 6) is 1.84. The fourth-order valence-electron chi connectivity index (χ4n) is 11.9. The van der Waals surface area contributed by atoms with Gasteiger partial charge in [-0.05, 0) is 101 Å². The monoisotopic (exact) mass is 976 g/mol. The molecule has 76 heavy (non-hydrogen) atoms. The molecule has 0 amide bonds. The summed E-state index contributed by atoms with van der Waals surface area (Å²) in [5, 5.41) is 12.0. The molecule has 14 rings (SSSR count). The van der Waals surface area contributed by atoms with Crippen LogP contribution in [0.5, 0.6) is 0 Å². The lowest BCUT2D eigenvalue weighted by molar-refractivity contribution is 0.590. The van der Waals surface area contributed by atoms with Crippen molar-refractivity contribution in [2.45, 2.75) is 52.4 Å². The van der Waals surface area contributed by atoms with Crippen LogP contribution < -0.4 is 0 Å². The van der Waals surface area contributed by atoms with Crippen molar-refractivity contribution < 1.29 is 0 Å². The largest absolute Gasteiger partial charge is 0.292 e. The topological polar surface area (TPSA) is 35.6 Å². The molecule has 0 aliphatic heterocycles. The van der Waals surface area contributed by atoms with Gasteiger partial charge in [-0.2, -0.15) is 0 Å². The Labute approximate surface area is 443 Å². The van der Waals surface area contributed by atoms with Crippen LogP contribution in [0.25, 0.3) is 132 Å². The van der Waals surface area contributed by atoms with E-state index in [2.05, 4.69) is 281 Å². The Morgan fingerprint density at radius 2 is 0.539 bits per heavy atom. The Morgan fingerprint density at radius 1 is 0.263 bits per heavy atom. The highest BCUT2D eigenvalue weighted by Crippen LogP contribution is 2.43. The van der Waals surface area contributed by atoms with E-state index >= 15 is 0 Å². The van der Waals surface area contributed by atoms with Crippen molar-refractivity contribution in [2.24, 2.45) is 0 Å². The Bertz CT molecular complexity index is 4300. The zero-order valence-electron chi connectivity index (χ0n) is 43.7. The predicted octanol–water partition coefficient (Wildman–Crippen LogP) is 19.4. The minimum atomic E-state index is 0.0398. The molecule has 0 bridgehead atoms. The molecule has 0 radical (unpaired) electrons. The number of fused-ring (bicyclic) bond motifs is 13. The van der Waals surface area contributed by atoms with E-state index in [0.29, 0.717) is 0 Å². The second-order valence-corrected chi connectivity index (χ2v) is 22.6. The number of hydrogen-bond acceptors (Lipinski definition) is 2. The Hall–Kier alpha value is -9.12. The Balaban J connectivity index is 0.867. The van der Waals surface area contributed by atoms with Gasteiger partial charge in [0.05, 0.1) is 22.1 Å². The zero-order chi connectivity index (χ0) is 51.5. The van der Waals surface area contributed by atoms with Crippen molar-refractivity contribution >= 4 is 75.9 Å². The maximum atomic E-state index is 5.56. The van der Waals surface area contributed by atoms with Crippen molar-refractivity contribution in [2.75, 3.05) is 0 Å². The number of rotatable bonds is 6. The molecular weight excluding hydrogens is 921 g/mol. The molecular formula is C72H56N4. The van der Waals surface area contributed by atoms with Crippen LogP contribution >= 0.6 is 0 Å². The first kappa shape index (κ1) is 45.5. The molecule has 4 nitrogen and oxygen atoms in total. The van der Waals surface area contributed by atoms with Crippen LogP contribution in [0.15, 0.2) is 231 Å². The first-order chi connectivity index (χ1) is 37.0. The van der Waals surface area contributed by atoms with Gasteiger partial charge >= 0.3 is 0 Å². The minimum Gasteiger partial charge on any atom is -0.292 e. The van der Waals surface area contributed by atoms with Crippen LogP contribution in [0.1, 0.15) is 52.7 Å². The molecule has 2 aromatic heterocycles. The molecule has 0 unspecified atom stereocenters. The lowest BCUT2D eigenvalue weighted by atomic mass is 9.87. The third-order valence-electron chi connectivity index (χ3n) is 15.9. The molecule has 0 N–H and O–H groups in total. The van der Waals surface area contributed by atoms with Crippen LogP contribution in [0.2, 0.25) is 0 Å². The van der Waals surface area contributed by atoms with Gasteiger partial charge in [-0.25, -0.2) is 9.97 Å². The number of nitrogens with zero attached hydrogens (tertiary/aromatic N) is 4. The van der Waals surface area contributed by atoms with E-state index < -0.39 is 0 Å². The number of benzene rings is 12. The third kappa shape index (κ3) is 7.27. The maximum absolute atomic E-state index is 5.56. The highest BCUT2D eigenvalue weighted by Gasteiger charge is 2.24. The second-order valence-electron chi connectivity index (χ2n) is 22.6. The van der Waals surface area contributed by atoms with E-state index in [1.54, 1.807) is 0 Å². The van der Waals surface area contributed by atoms with Gasteiger partial charge < -0.3 is 0 Å². The molecule has 0 aliphatic rings. The van der Waals surface area contributed by atoms with Gasteiger partial charge in [-0.3, -0.25) is 9.13 Å². The Morgan fingerprint density at radius 3 is 0.868 bits per heavy atom. The van der Waals surface area contributed by atoms with Crippen LogP contribution in [0, 0.1) is 0 Å². The van der Waals surface area contributed by atoms with Gasteiger partial charge in [-0.15, -0.1) is 0 Å². The number of aromatic nitrogens is 4. The summed E-state index contributed by atoms with van der Waals surface area (Å²) >= 11 is 0. The summed E-state index contributed by atoms with van der Waals surface area (Å²) in [6, 6.07) is 84.6. The summed E-state index contributed by atoms with van der Waals surface area (Å²) in [5.41, 5.74) is 16.0. The summed E-state index contributed by atoms with van der Waals surface area (Å²) in [6.45, 7) is 13.6. The van der Waals surface area contributed by atoms with E-state index in [1.807, 2.05) is 0 Å². The summed E-state index contributed by atoms with van der Waals surface area (Å²) in [7, 11) is 0. The van der Waals surface area contributed by atoms with Crippen LogP contribution in [-0.4, -0.2) is 19.1 Å². The van der Waals surface area contributed by atoms with Crippen molar-refractivity contribution in [1.82, 2.24) is 19.1 Å². The molecule has 0 aliphatic carbocycles. The van der Waals surface area contributed by atoms with Crippen molar-refractivity contribution in [1.29, 1.82) is 0 Å². The third-order valence-corrected chi connectivity index (χ3v) is 15.9. The molecule has 0 saturated carbocycles.